The fourth-order valence-electron chi connectivity index (χ4n) is 3.07. The van der Waals surface area contributed by atoms with Crippen LogP contribution in [0.15, 0.2) is 36.4 Å². The Morgan fingerprint density at radius 1 is 1.08 bits per heavy atom. The van der Waals surface area contributed by atoms with Crippen molar-refractivity contribution in [2.45, 2.75) is 33.8 Å². The minimum absolute atomic E-state index is 0.0457. The molecule has 25 heavy (non-hydrogen) atoms. The summed E-state index contributed by atoms with van der Waals surface area (Å²) in [7, 11) is 0. The van der Waals surface area contributed by atoms with Gasteiger partial charge in [-0.25, -0.2) is 0 Å². The molecule has 0 bridgehead atoms. The van der Waals surface area contributed by atoms with Crippen molar-refractivity contribution in [2.75, 3.05) is 16.8 Å². The molecule has 1 atom stereocenters. The summed E-state index contributed by atoms with van der Waals surface area (Å²) in [5, 5.41) is 2.88. The number of anilines is 2. The summed E-state index contributed by atoms with van der Waals surface area (Å²) >= 11 is 0. The smallest absolute Gasteiger partial charge is 0.268 e. The third-order valence-electron chi connectivity index (χ3n) is 4.13. The Morgan fingerprint density at radius 3 is 2.44 bits per heavy atom. The van der Waals surface area contributed by atoms with Crippen molar-refractivity contribution in [3.05, 3.63) is 53.1 Å². The lowest BCUT2D eigenvalue weighted by molar-refractivity contribution is -0.127. The van der Waals surface area contributed by atoms with E-state index in [1.165, 1.54) is 4.90 Å². The zero-order valence-electron chi connectivity index (χ0n) is 14.9. The molecule has 130 valence electrons. The highest BCUT2D eigenvalue weighted by molar-refractivity contribution is 6.06. The van der Waals surface area contributed by atoms with Crippen LogP contribution in [-0.4, -0.2) is 24.5 Å². The highest BCUT2D eigenvalue weighted by atomic mass is 16.5. The van der Waals surface area contributed by atoms with E-state index in [1.54, 1.807) is 6.92 Å². The summed E-state index contributed by atoms with van der Waals surface area (Å²) in [6, 6.07) is 11.5. The lowest BCUT2D eigenvalue weighted by atomic mass is 10.1. The van der Waals surface area contributed by atoms with Gasteiger partial charge in [0, 0.05) is 5.69 Å². The van der Waals surface area contributed by atoms with Gasteiger partial charge in [0.2, 0.25) is 5.91 Å². The molecule has 1 heterocycles. The van der Waals surface area contributed by atoms with Crippen LogP contribution >= 0.6 is 0 Å². The Kier molecular flexibility index (Phi) is 4.49. The molecule has 0 spiro atoms. The summed E-state index contributed by atoms with van der Waals surface area (Å²) in [4.78, 5) is 26.5. The molecule has 2 aromatic carbocycles. The van der Waals surface area contributed by atoms with Crippen LogP contribution in [0.4, 0.5) is 11.4 Å². The number of hydrogen-bond donors (Lipinski definition) is 1. The first-order valence-electron chi connectivity index (χ1n) is 8.30. The Balaban J connectivity index is 1.82. The molecule has 0 saturated carbocycles. The molecule has 1 N–H and O–H groups in total. The topological polar surface area (TPSA) is 58.6 Å². The number of rotatable bonds is 3. The van der Waals surface area contributed by atoms with Gasteiger partial charge >= 0.3 is 0 Å². The first-order valence-corrected chi connectivity index (χ1v) is 8.30. The van der Waals surface area contributed by atoms with Crippen molar-refractivity contribution >= 4 is 23.2 Å². The standard InChI is InChI=1S/C20H22N2O3/c1-12-5-6-18-17(10-12)22(20(24)15(4)25-18)11-19(23)21-16-8-13(2)7-14(3)9-16/h5-10,15H,11H2,1-4H3,(H,21,23). The number of ether oxygens (including phenoxy) is 1. The van der Waals surface area contributed by atoms with E-state index in [2.05, 4.69) is 5.32 Å². The number of carbonyl (C=O) groups excluding carboxylic acids is 2. The van der Waals surface area contributed by atoms with Crippen molar-refractivity contribution in [3.8, 4) is 5.75 Å². The molecule has 3 rings (SSSR count). The largest absolute Gasteiger partial charge is 0.479 e. The minimum atomic E-state index is -0.607. The van der Waals surface area contributed by atoms with Gasteiger partial charge in [0.15, 0.2) is 6.10 Å². The monoisotopic (exact) mass is 338 g/mol. The van der Waals surface area contributed by atoms with Crippen molar-refractivity contribution in [2.24, 2.45) is 0 Å². The van der Waals surface area contributed by atoms with Crippen molar-refractivity contribution in [1.29, 1.82) is 0 Å². The van der Waals surface area contributed by atoms with E-state index >= 15 is 0 Å². The number of aryl methyl sites for hydroxylation is 3. The Hall–Kier alpha value is -2.82. The number of amides is 2. The average molecular weight is 338 g/mol. The van der Waals surface area contributed by atoms with Crippen LogP contribution in [0.3, 0.4) is 0 Å². The van der Waals surface area contributed by atoms with Gasteiger partial charge < -0.3 is 10.1 Å². The predicted octanol–water partition coefficient (Wildman–Crippen LogP) is 3.36. The maximum Gasteiger partial charge on any atom is 0.268 e. The second kappa shape index (κ2) is 6.59. The van der Waals surface area contributed by atoms with Gasteiger partial charge in [-0.2, -0.15) is 0 Å². The molecule has 0 fully saturated rings. The van der Waals surface area contributed by atoms with Crippen LogP contribution < -0.4 is 15.0 Å². The number of hydrogen-bond acceptors (Lipinski definition) is 3. The minimum Gasteiger partial charge on any atom is -0.479 e. The van der Waals surface area contributed by atoms with E-state index in [1.807, 2.05) is 57.2 Å². The molecular weight excluding hydrogens is 316 g/mol. The summed E-state index contributed by atoms with van der Waals surface area (Å²) in [6.45, 7) is 7.55. The number of benzene rings is 2. The molecule has 0 saturated heterocycles. The maximum atomic E-state index is 12.5. The van der Waals surface area contributed by atoms with Gasteiger partial charge in [0.05, 0.1) is 5.69 Å². The van der Waals surface area contributed by atoms with E-state index in [4.69, 9.17) is 4.74 Å². The fourth-order valence-corrected chi connectivity index (χ4v) is 3.07. The van der Waals surface area contributed by atoms with Crippen LogP contribution in [0.5, 0.6) is 5.75 Å². The zero-order chi connectivity index (χ0) is 18.1. The third-order valence-corrected chi connectivity index (χ3v) is 4.13. The van der Waals surface area contributed by atoms with Crippen molar-refractivity contribution in [1.82, 2.24) is 0 Å². The van der Waals surface area contributed by atoms with E-state index in [0.717, 1.165) is 22.4 Å². The van der Waals surface area contributed by atoms with Gasteiger partial charge in [-0.1, -0.05) is 12.1 Å². The molecule has 1 aliphatic heterocycles. The number of nitrogens with one attached hydrogen (secondary N) is 1. The lowest BCUT2D eigenvalue weighted by Crippen LogP contribution is -2.47. The predicted molar refractivity (Wildman–Crippen MR) is 98.2 cm³/mol. The Labute approximate surface area is 147 Å². The fraction of sp³-hybridized carbons (Fsp3) is 0.300. The molecule has 2 aromatic rings. The molecule has 0 aromatic heterocycles. The van der Waals surface area contributed by atoms with Crippen molar-refractivity contribution < 1.29 is 14.3 Å². The second-order valence-electron chi connectivity index (χ2n) is 6.58. The van der Waals surface area contributed by atoms with Crippen LogP contribution in [0, 0.1) is 20.8 Å². The van der Waals surface area contributed by atoms with Crippen LogP contribution in [0.1, 0.15) is 23.6 Å². The molecule has 5 heteroatoms. The summed E-state index contributed by atoms with van der Waals surface area (Å²) in [5.74, 6) is 0.172. The SMILES string of the molecule is Cc1cc(C)cc(NC(=O)CN2C(=O)C(C)Oc3ccc(C)cc32)c1. The lowest BCUT2D eigenvalue weighted by Gasteiger charge is -2.32. The normalized spacial score (nSPS) is 16.2. The molecule has 0 aliphatic carbocycles. The first-order chi connectivity index (χ1) is 11.8. The van der Waals surface area contributed by atoms with Gasteiger partial charge in [0.25, 0.3) is 5.91 Å². The van der Waals surface area contributed by atoms with E-state index < -0.39 is 6.10 Å². The third kappa shape index (κ3) is 3.65. The number of nitrogens with zero attached hydrogens (tertiary/aromatic N) is 1. The molecular formula is C20H22N2O3. The van der Waals surface area contributed by atoms with E-state index in [-0.39, 0.29) is 18.4 Å². The van der Waals surface area contributed by atoms with Gasteiger partial charge in [-0.05, 0) is 68.7 Å². The maximum absolute atomic E-state index is 12.5. The van der Waals surface area contributed by atoms with E-state index in [0.29, 0.717) is 11.4 Å². The van der Waals surface area contributed by atoms with Gasteiger partial charge in [0.1, 0.15) is 12.3 Å². The highest BCUT2D eigenvalue weighted by Crippen LogP contribution is 2.34. The quantitative estimate of drug-likeness (QED) is 0.933. The molecule has 5 nitrogen and oxygen atoms in total. The van der Waals surface area contributed by atoms with E-state index in [9.17, 15) is 9.59 Å². The number of fused-ring (bicyclic) bond motifs is 1. The van der Waals surface area contributed by atoms with Gasteiger partial charge in [-0.15, -0.1) is 0 Å². The Bertz CT molecular complexity index is 825. The van der Waals surface area contributed by atoms with Crippen molar-refractivity contribution in [3.63, 3.8) is 0 Å². The summed E-state index contributed by atoms with van der Waals surface area (Å²) < 4.78 is 5.64. The summed E-state index contributed by atoms with van der Waals surface area (Å²) in [5.41, 5.74) is 4.53. The molecule has 1 aliphatic rings. The highest BCUT2D eigenvalue weighted by Gasteiger charge is 2.32. The first kappa shape index (κ1) is 17.0. The number of carbonyl (C=O) groups is 2. The van der Waals surface area contributed by atoms with Crippen LogP contribution in [-0.2, 0) is 9.59 Å². The molecule has 2 amide bonds. The summed E-state index contributed by atoms with van der Waals surface area (Å²) in [6.07, 6.45) is -0.607. The van der Waals surface area contributed by atoms with Crippen LogP contribution in [0.2, 0.25) is 0 Å². The van der Waals surface area contributed by atoms with Gasteiger partial charge in [-0.3, -0.25) is 14.5 Å². The second-order valence-corrected chi connectivity index (χ2v) is 6.58. The molecule has 0 radical (unpaired) electrons. The average Bonchev–Trinajstić information content (AvgIpc) is 2.51. The van der Waals surface area contributed by atoms with Crippen LogP contribution in [0.25, 0.3) is 0 Å². The zero-order valence-corrected chi connectivity index (χ0v) is 14.9. The molecule has 1 unspecified atom stereocenters. The Morgan fingerprint density at radius 2 is 1.76 bits per heavy atom.